The number of thiophene rings is 1. The predicted molar refractivity (Wildman–Crippen MR) is 56.1 cm³/mol. The number of hydrogen-bond donors (Lipinski definition) is 1. The minimum Gasteiger partial charge on any atom is -0.384 e. The first-order chi connectivity index (χ1) is 6.08. The van der Waals surface area contributed by atoms with Crippen LogP contribution in [0.1, 0.15) is 35.1 Å². The Morgan fingerprint density at radius 1 is 1.62 bits per heavy atom. The first-order valence-electron chi connectivity index (χ1n) is 4.88. The summed E-state index contributed by atoms with van der Waals surface area (Å²) >= 11 is 1.75. The molecule has 72 valence electrons. The summed E-state index contributed by atoms with van der Waals surface area (Å²) in [6.45, 7) is 6.38. The highest BCUT2D eigenvalue weighted by atomic mass is 32.1. The minimum absolute atomic E-state index is 0.460. The zero-order valence-electron chi connectivity index (χ0n) is 8.42. The summed E-state index contributed by atoms with van der Waals surface area (Å²) in [5.74, 6) is 0.505. The Kier molecular flexibility index (Phi) is 2.00. The highest BCUT2D eigenvalue weighted by Gasteiger charge is 2.53. The van der Waals surface area contributed by atoms with Crippen LogP contribution in [0.25, 0.3) is 0 Å². The molecule has 2 atom stereocenters. The van der Waals surface area contributed by atoms with E-state index in [9.17, 15) is 5.11 Å². The molecule has 2 rings (SSSR count). The van der Waals surface area contributed by atoms with Crippen molar-refractivity contribution in [3.05, 3.63) is 21.4 Å². The van der Waals surface area contributed by atoms with Gasteiger partial charge in [0.25, 0.3) is 0 Å². The van der Waals surface area contributed by atoms with Crippen LogP contribution in [0.15, 0.2) is 6.07 Å². The van der Waals surface area contributed by atoms with Gasteiger partial charge in [-0.1, -0.05) is 13.3 Å². The molecule has 0 aromatic carbocycles. The lowest BCUT2D eigenvalue weighted by Crippen LogP contribution is -2.05. The zero-order chi connectivity index (χ0) is 9.64. The maximum Gasteiger partial charge on any atom is 0.102 e. The number of rotatable bonds is 2. The van der Waals surface area contributed by atoms with Gasteiger partial charge in [-0.05, 0) is 37.8 Å². The summed E-state index contributed by atoms with van der Waals surface area (Å²) in [4.78, 5) is 2.51. The SMILES string of the molecule is CCC1CC1(O)c1cc(C)c(C)s1. The molecule has 1 heterocycles. The normalized spacial score (nSPS) is 32.2. The molecule has 1 aromatic rings. The standard InChI is InChI=1S/C11H16OS/c1-4-9-6-11(9,12)10-5-7(2)8(3)13-10/h5,9,12H,4,6H2,1-3H3. The van der Waals surface area contributed by atoms with Gasteiger partial charge in [0.15, 0.2) is 0 Å². The summed E-state index contributed by atoms with van der Waals surface area (Å²) in [7, 11) is 0. The van der Waals surface area contributed by atoms with Crippen LogP contribution in [0.4, 0.5) is 0 Å². The number of aliphatic hydroxyl groups is 1. The lowest BCUT2D eigenvalue weighted by atomic mass is 10.1. The Morgan fingerprint density at radius 2 is 2.31 bits per heavy atom. The molecule has 0 spiro atoms. The predicted octanol–water partition coefficient (Wildman–Crippen LogP) is 2.98. The van der Waals surface area contributed by atoms with Crippen molar-refractivity contribution in [1.29, 1.82) is 0 Å². The van der Waals surface area contributed by atoms with Gasteiger partial charge in [0, 0.05) is 9.75 Å². The van der Waals surface area contributed by atoms with Gasteiger partial charge in [-0.15, -0.1) is 11.3 Å². The maximum absolute atomic E-state index is 10.2. The minimum atomic E-state index is -0.460. The average Bonchev–Trinajstić information content (AvgIpc) is 2.65. The van der Waals surface area contributed by atoms with E-state index in [2.05, 4.69) is 26.8 Å². The van der Waals surface area contributed by atoms with Crippen LogP contribution < -0.4 is 0 Å². The van der Waals surface area contributed by atoms with Gasteiger partial charge in [0.2, 0.25) is 0 Å². The fraction of sp³-hybridized carbons (Fsp3) is 0.636. The summed E-state index contributed by atoms with van der Waals surface area (Å²) in [5, 5.41) is 10.2. The van der Waals surface area contributed by atoms with Crippen LogP contribution in [0.3, 0.4) is 0 Å². The molecule has 1 N–H and O–H groups in total. The highest BCUT2D eigenvalue weighted by Crippen LogP contribution is 2.55. The quantitative estimate of drug-likeness (QED) is 0.771. The second-order valence-electron chi connectivity index (χ2n) is 4.08. The van der Waals surface area contributed by atoms with Crippen LogP contribution in [-0.2, 0) is 5.60 Å². The summed E-state index contributed by atoms with van der Waals surface area (Å²) < 4.78 is 0. The summed E-state index contributed by atoms with van der Waals surface area (Å²) in [5.41, 5.74) is 0.855. The third kappa shape index (κ3) is 1.32. The van der Waals surface area contributed by atoms with E-state index in [1.807, 2.05) is 0 Å². The average molecular weight is 196 g/mol. The fourth-order valence-electron chi connectivity index (χ4n) is 1.89. The molecule has 0 amide bonds. The van der Waals surface area contributed by atoms with Crippen molar-refractivity contribution in [3.8, 4) is 0 Å². The third-order valence-electron chi connectivity index (χ3n) is 3.16. The van der Waals surface area contributed by atoms with Crippen LogP contribution >= 0.6 is 11.3 Å². The van der Waals surface area contributed by atoms with E-state index in [1.165, 1.54) is 15.3 Å². The monoisotopic (exact) mass is 196 g/mol. The van der Waals surface area contributed by atoms with E-state index in [0.717, 1.165) is 12.8 Å². The fourth-order valence-corrected chi connectivity index (χ4v) is 3.10. The Morgan fingerprint density at radius 3 is 2.69 bits per heavy atom. The molecule has 1 aliphatic rings. The van der Waals surface area contributed by atoms with Gasteiger partial charge >= 0.3 is 0 Å². The molecule has 0 saturated heterocycles. The molecule has 1 aromatic heterocycles. The van der Waals surface area contributed by atoms with Crippen molar-refractivity contribution in [2.75, 3.05) is 0 Å². The molecular formula is C11H16OS. The Balaban J connectivity index is 2.27. The smallest absolute Gasteiger partial charge is 0.102 e. The van der Waals surface area contributed by atoms with E-state index >= 15 is 0 Å². The van der Waals surface area contributed by atoms with Gasteiger partial charge in [0.1, 0.15) is 5.60 Å². The third-order valence-corrected chi connectivity index (χ3v) is 4.48. The zero-order valence-corrected chi connectivity index (χ0v) is 9.24. The molecular weight excluding hydrogens is 180 g/mol. The number of aryl methyl sites for hydroxylation is 2. The van der Waals surface area contributed by atoms with Crippen molar-refractivity contribution < 1.29 is 5.11 Å². The van der Waals surface area contributed by atoms with Crippen molar-refractivity contribution in [3.63, 3.8) is 0 Å². The van der Waals surface area contributed by atoms with Crippen LogP contribution in [-0.4, -0.2) is 5.11 Å². The molecule has 13 heavy (non-hydrogen) atoms. The lowest BCUT2D eigenvalue weighted by molar-refractivity contribution is 0.134. The van der Waals surface area contributed by atoms with Crippen molar-refractivity contribution in [2.24, 2.45) is 5.92 Å². The van der Waals surface area contributed by atoms with E-state index in [-0.39, 0.29) is 0 Å². The highest BCUT2D eigenvalue weighted by molar-refractivity contribution is 7.12. The van der Waals surface area contributed by atoms with Crippen LogP contribution in [0.2, 0.25) is 0 Å². The molecule has 2 unspecified atom stereocenters. The Hall–Kier alpha value is -0.340. The van der Waals surface area contributed by atoms with Crippen molar-refractivity contribution in [1.82, 2.24) is 0 Å². The molecule has 1 aliphatic carbocycles. The van der Waals surface area contributed by atoms with Crippen LogP contribution in [0, 0.1) is 19.8 Å². The van der Waals surface area contributed by atoms with Crippen molar-refractivity contribution >= 4 is 11.3 Å². The second-order valence-corrected chi connectivity index (χ2v) is 5.34. The van der Waals surface area contributed by atoms with Gasteiger partial charge in [-0.3, -0.25) is 0 Å². The Labute approximate surface area is 83.4 Å². The van der Waals surface area contributed by atoms with E-state index in [4.69, 9.17) is 0 Å². The van der Waals surface area contributed by atoms with Crippen molar-refractivity contribution in [2.45, 2.75) is 39.2 Å². The second kappa shape index (κ2) is 2.82. The summed E-state index contributed by atoms with van der Waals surface area (Å²) in [6.07, 6.45) is 2.05. The molecule has 0 aliphatic heterocycles. The lowest BCUT2D eigenvalue weighted by Gasteiger charge is -2.05. The van der Waals surface area contributed by atoms with E-state index < -0.39 is 5.60 Å². The van der Waals surface area contributed by atoms with Gasteiger partial charge < -0.3 is 5.11 Å². The van der Waals surface area contributed by atoms with E-state index in [0.29, 0.717) is 5.92 Å². The van der Waals surface area contributed by atoms with Gasteiger partial charge in [-0.2, -0.15) is 0 Å². The molecule has 0 bridgehead atoms. The molecule has 1 fully saturated rings. The number of hydrogen-bond acceptors (Lipinski definition) is 2. The van der Waals surface area contributed by atoms with Gasteiger partial charge in [0.05, 0.1) is 0 Å². The maximum atomic E-state index is 10.2. The first kappa shape index (κ1) is 9.22. The van der Waals surface area contributed by atoms with Gasteiger partial charge in [-0.25, -0.2) is 0 Å². The molecule has 0 radical (unpaired) electrons. The first-order valence-corrected chi connectivity index (χ1v) is 5.69. The molecule has 1 saturated carbocycles. The topological polar surface area (TPSA) is 20.2 Å². The Bertz CT molecular complexity index is 309. The molecule has 1 nitrogen and oxygen atoms in total. The van der Waals surface area contributed by atoms with Crippen LogP contribution in [0.5, 0.6) is 0 Å². The van der Waals surface area contributed by atoms with E-state index in [1.54, 1.807) is 11.3 Å². The molecule has 2 heteroatoms. The largest absolute Gasteiger partial charge is 0.384 e. The summed E-state index contributed by atoms with van der Waals surface area (Å²) in [6, 6.07) is 2.15.